The minimum Gasteiger partial charge on any atom is -0.395 e. The van der Waals surface area contributed by atoms with Crippen LogP contribution in [0.4, 0.5) is 0 Å². The highest BCUT2D eigenvalue weighted by Gasteiger charge is 2.26. The molecule has 0 aromatic heterocycles. The van der Waals surface area contributed by atoms with E-state index >= 15 is 0 Å². The van der Waals surface area contributed by atoms with Crippen molar-refractivity contribution in [1.29, 1.82) is 0 Å². The minimum absolute atomic E-state index is 0.00444. The number of amides is 1. The number of piperazine rings is 1. The maximum atomic E-state index is 12.7. The van der Waals surface area contributed by atoms with Crippen LogP contribution in [0.15, 0.2) is 12.1 Å². The number of rotatable bonds is 4. The number of hydrogen-bond acceptors (Lipinski definition) is 3. The maximum Gasteiger partial charge on any atom is 0.255 e. The summed E-state index contributed by atoms with van der Waals surface area (Å²) in [5.74, 6) is 0.00444. The van der Waals surface area contributed by atoms with Gasteiger partial charge in [0.05, 0.1) is 17.2 Å². The molecule has 1 saturated heterocycles. The molecule has 1 aromatic carbocycles. The van der Waals surface area contributed by atoms with E-state index in [2.05, 4.69) is 11.8 Å². The molecule has 4 nitrogen and oxygen atoms in total. The van der Waals surface area contributed by atoms with Crippen molar-refractivity contribution in [1.82, 2.24) is 9.80 Å². The molecule has 122 valence electrons. The van der Waals surface area contributed by atoms with Gasteiger partial charge in [-0.1, -0.05) is 18.5 Å². The van der Waals surface area contributed by atoms with Gasteiger partial charge in [0, 0.05) is 32.2 Å². The first kappa shape index (κ1) is 17.3. The largest absolute Gasteiger partial charge is 0.395 e. The molecule has 1 aliphatic rings. The maximum absolute atomic E-state index is 12.7. The molecule has 1 N–H and O–H groups in total. The van der Waals surface area contributed by atoms with Gasteiger partial charge in [0.25, 0.3) is 5.91 Å². The summed E-state index contributed by atoms with van der Waals surface area (Å²) in [6.07, 6.45) is 0.924. The topological polar surface area (TPSA) is 43.8 Å². The summed E-state index contributed by atoms with van der Waals surface area (Å²) in [5, 5.41) is 9.91. The molecule has 1 fully saturated rings. The fourth-order valence-electron chi connectivity index (χ4n) is 2.91. The van der Waals surface area contributed by atoms with Crippen molar-refractivity contribution in [2.24, 2.45) is 0 Å². The van der Waals surface area contributed by atoms with E-state index < -0.39 is 0 Å². The zero-order valence-corrected chi connectivity index (χ0v) is 14.4. The summed E-state index contributed by atoms with van der Waals surface area (Å²) >= 11 is 6.25. The monoisotopic (exact) mass is 324 g/mol. The average Bonchev–Trinajstić information content (AvgIpc) is 2.52. The highest BCUT2D eigenvalue weighted by atomic mass is 35.5. The third-order valence-electron chi connectivity index (χ3n) is 4.61. The molecule has 0 bridgehead atoms. The Balaban J connectivity index is 2.05. The number of aryl methyl sites for hydroxylation is 2. The van der Waals surface area contributed by atoms with E-state index in [1.165, 1.54) is 0 Å². The third-order valence-corrected chi connectivity index (χ3v) is 4.93. The number of nitrogens with zero attached hydrogens (tertiary/aromatic N) is 2. The lowest BCUT2D eigenvalue weighted by Crippen LogP contribution is -2.52. The second-order valence-electron chi connectivity index (χ2n) is 5.99. The molecule has 0 radical (unpaired) electrons. The van der Waals surface area contributed by atoms with E-state index in [-0.39, 0.29) is 18.6 Å². The van der Waals surface area contributed by atoms with Crippen LogP contribution in [0.2, 0.25) is 5.02 Å². The predicted octanol–water partition coefficient (Wildman–Crippen LogP) is 2.49. The van der Waals surface area contributed by atoms with Gasteiger partial charge in [-0.05, 0) is 43.5 Å². The predicted molar refractivity (Wildman–Crippen MR) is 89.6 cm³/mol. The summed E-state index contributed by atoms with van der Waals surface area (Å²) in [4.78, 5) is 16.8. The Hall–Kier alpha value is -1.10. The molecular weight excluding hydrogens is 300 g/mol. The normalized spacial score (nSPS) is 17.6. The molecule has 22 heavy (non-hydrogen) atoms. The van der Waals surface area contributed by atoms with Crippen LogP contribution in [0.5, 0.6) is 0 Å². The minimum atomic E-state index is 0.00444. The number of benzene rings is 1. The Labute approximate surface area is 137 Å². The van der Waals surface area contributed by atoms with Gasteiger partial charge in [-0.2, -0.15) is 0 Å². The Kier molecular flexibility index (Phi) is 5.84. The van der Waals surface area contributed by atoms with E-state index in [1.54, 1.807) is 0 Å². The van der Waals surface area contributed by atoms with E-state index in [0.29, 0.717) is 23.7 Å². The zero-order chi connectivity index (χ0) is 16.3. The molecule has 1 atom stereocenters. The van der Waals surface area contributed by atoms with E-state index in [4.69, 9.17) is 11.6 Å². The molecule has 1 amide bonds. The molecule has 0 spiro atoms. The third kappa shape index (κ3) is 3.62. The van der Waals surface area contributed by atoms with Crippen molar-refractivity contribution in [3.63, 3.8) is 0 Å². The highest BCUT2D eigenvalue weighted by molar-refractivity contribution is 6.34. The van der Waals surface area contributed by atoms with Gasteiger partial charge in [-0.25, -0.2) is 0 Å². The Bertz CT molecular complexity index is 536. The molecule has 1 aromatic rings. The van der Waals surface area contributed by atoms with Gasteiger partial charge in [0.2, 0.25) is 0 Å². The van der Waals surface area contributed by atoms with Crippen LogP contribution < -0.4 is 0 Å². The van der Waals surface area contributed by atoms with Gasteiger partial charge in [-0.3, -0.25) is 9.69 Å². The molecule has 1 unspecified atom stereocenters. The number of aliphatic hydroxyl groups is 1. The fourth-order valence-corrected chi connectivity index (χ4v) is 3.21. The molecule has 1 heterocycles. The summed E-state index contributed by atoms with van der Waals surface area (Å²) in [5.41, 5.74) is 2.77. The fraction of sp³-hybridized carbons (Fsp3) is 0.588. The van der Waals surface area contributed by atoms with Crippen molar-refractivity contribution in [3.8, 4) is 0 Å². The van der Waals surface area contributed by atoms with E-state index in [1.807, 2.05) is 30.9 Å². The number of halogens is 1. The van der Waals surface area contributed by atoms with Gasteiger partial charge < -0.3 is 10.0 Å². The van der Waals surface area contributed by atoms with Crippen LogP contribution in [0.1, 0.15) is 34.8 Å². The number of carbonyl (C=O) groups excluding carboxylic acids is 1. The summed E-state index contributed by atoms with van der Waals surface area (Å²) in [7, 11) is 0. The van der Waals surface area contributed by atoms with Crippen LogP contribution in [0, 0.1) is 13.8 Å². The molecule has 5 heteroatoms. The van der Waals surface area contributed by atoms with Crippen LogP contribution in [-0.4, -0.2) is 59.6 Å². The Morgan fingerprint density at radius 3 is 2.36 bits per heavy atom. The lowest BCUT2D eigenvalue weighted by molar-refractivity contribution is 0.0472. The van der Waals surface area contributed by atoms with Crippen molar-refractivity contribution in [2.75, 3.05) is 32.8 Å². The Morgan fingerprint density at radius 2 is 1.82 bits per heavy atom. The lowest BCUT2D eigenvalue weighted by Gasteiger charge is -2.38. The summed E-state index contributed by atoms with van der Waals surface area (Å²) in [6.45, 7) is 9.19. The van der Waals surface area contributed by atoms with Gasteiger partial charge in [0.15, 0.2) is 0 Å². The van der Waals surface area contributed by atoms with E-state index in [0.717, 1.165) is 30.6 Å². The van der Waals surface area contributed by atoms with E-state index in [9.17, 15) is 9.90 Å². The summed E-state index contributed by atoms with van der Waals surface area (Å²) < 4.78 is 0. The van der Waals surface area contributed by atoms with Crippen molar-refractivity contribution < 1.29 is 9.90 Å². The molecular formula is C17H25ClN2O2. The quantitative estimate of drug-likeness (QED) is 0.925. The number of hydrogen-bond donors (Lipinski definition) is 1. The number of aliphatic hydroxyl groups excluding tert-OH is 1. The van der Waals surface area contributed by atoms with Crippen LogP contribution in [-0.2, 0) is 0 Å². The highest BCUT2D eigenvalue weighted by Crippen LogP contribution is 2.23. The summed E-state index contributed by atoms with van der Waals surface area (Å²) in [6, 6.07) is 3.94. The molecule has 2 rings (SSSR count). The molecule has 0 saturated carbocycles. The SMILES string of the molecule is CCC(CO)N1CCN(C(=O)c2cc(C)c(C)cc2Cl)CC1. The van der Waals surface area contributed by atoms with Gasteiger partial charge in [-0.15, -0.1) is 0 Å². The van der Waals surface area contributed by atoms with Crippen molar-refractivity contribution in [2.45, 2.75) is 33.2 Å². The zero-order valence-electron chi connectivity index (χ0n) is 13.6. The second kappa shape index (κ2) is 7.44. The van der Waals surface area contributed by atoms with Crippen LogP contribution >= 0.6 is 11.6 Å². The second-order valence-corrected chi connectivity index (χ2v) is 6.40. The first-order valence-corrected chi connectivity index (χ1v) is 8.26. The smallest absolute Gasteiger partial charge is 0.255 e. The Morgan fingerprint density at radius 1 is 1.23 bits per heavy atom. The average molecular weight is 325 g/mol. The van der Waals surface area contributed by atoms with Gasteiger partial charge >= 0.3 is 0 Å². The van der Waals surface area contributed by atoms with Crippen molar-refractivity contribution in [3.05, 3.63) is 33.8 Å². The molecule has 0 aliphatic carbocycles. The van der Waals surface area contributed by atoms with Crippen LogP contribution in [0.25, 0.3) is 0 Å². The first-order valence-electron chi connectivity index (χ1n) is 7.88. The standard InChI is InChI=1S/C17H25ClN2O2/c1-4-14(11-21)19-5-7-20(8-6-19)17(22)15-9-12(2)13(3)10-16(15)18/h9-10,14,21H,4-8,11H2,1-3H3. The first-order chi connectivity index (χ1) is 10.5. The molecule has 1 aliphatic heterocycles. The van der Waals surface area contributed by atoms with Crippen molar-refractivity contribution >= 4 is 17.5 Å². The van der Waals surface area contributed by atoms with Gasteiger partial charge in [0.1, 0.15) is 0 Å². The lowest BCUT2D eigenvalue weighted by atomic mass is 10.0. The number of carbonyl (C=O) groups is 1. The van der Waals surface area contributed by atoms with Crippen LogP contribution in [0.3, 0.4) is 0 Å².